The molecular formula is C21H24N2O7S. The van der Waals surface area contributed by atoms with Crippen molar-refractivity contribution < 1.29 is 32.2 Å². The molecule has 0 saturated heterocycles. The van der Waals surface area contributed by atoms with E-state index in [1.165, 1.54) is 46.6 Å². The number of sulfone groups is 1. The zero-order chi connectivity index (χ0) is 23.0. The maximum Gasteiger partial charge on any atom is 0.249 e. The van der Waals surface area contributed by atoms with Gasteiger partial charge >= 0.3 is 0 Å². The number of amides is 1. The first kappa shape index (κ1) is 23.7. The summed E-state index contributed by atoms with van der Waals surface area (Å²) < 4.78 is 46.3. The Morgan fingerprint density at radius 1 is 1.03 bits per heavy atom. The normalized spacial score (nSPS) is 11.1. The molecule has 1 aromatic carbocycles. The third kappa shape index (κ3) is 6.22. The van der Waals surface area contributed by atoms with E-state index in [0.717, 1.165) is 11.5 Å². The number of aromatic nitrogens is 1. The van der Waals surface area contributed by atoms with Crippen molar-refractivity contribution in [3.63, 3.8) is 0 Å². The van der Waals surface area contributed by atoms with Crippen LogP contribution in [0, 0.1) is 0 Å². The van der Waals surface area contributed by atoms with Crippen molar-refractivity contribution in [2.24, 2.45) is 0 Å². The smallest absolute Gasteiger partial charge is 0.249 e. The Labute approximate surface area is 181 Å². The molecule has 1 aromatic heterocycles. The number of pyridine rings is 1. The Morgan fingerprint density at radius 3 is 2.16 bits per heavy atom. The van der Waals surface area contributed by atoms with Gasteiger partial charge < -0.3 is 24.3 Å². The van der Waals surface area contributed by atoms with Crippen LogP contribution < -0.4 is 24.3 Å². The van der Waals surface area contributed by atoms with Gasteiger partial charge in [-0.25, -0.2) is 13.4 Å². The van der Waals surface area contributed by atoms with Crippen molar-refractivity contribution in [1.82, 2.24) is 4.98 Å². The molecule has 0 saturated carbocycles. The first-order valence-electron chi connectivity index (χ1n) is 8.95. The molecule has 0 radical (unpaired) electrons. The summed E-state index contributed by atoms with van der Waals surface area (Å²) in [7, 11) is 2.10. The first-order valence-corrected chi connectivity index (χ1v) is 10.7. The molecule has 0 fully saturated rings. The van der Waals surface area contributed by atoms with Gasteiger partial charge in [0.25, 0.3) is 0 Å². The van der Waals surface area contributed by atoms with Crippen LogP contribution in [0.2, 0.25) is 0 Å². The Hall–Kier alpha value is -3.53. The fourth-order valence-corrected chi connectivity index (χ4v) is 3.62. The van der Waals surface area contributed by atoms with Crippen molar-refractivity contribution in [3.8, 4) is 23.0 Å². The lowest BCUT2D eigenvalue weighted by molar-refractivity contribution is -0.111. The summed E-state index contributed by atoms with van der Waals surface area (Å²) in [6.07, 6.45) is 2.46. The van der Waals surface area contributed by atoms with Gasteiger partial charge in [-0.05, 0) is 24.3 Å². The van der Waals surface area contributed by atoms with Gasteiger partial charge in [0.05, 0.1) is 45.4 Å². The van der Waals surface area contributed by atoms with Crippen molar-refractivity contribution in [3.05, 3.63) is 53.6 Å². The molecule has 1 amide bonds. The quantitative estimate of drug-likeness (QED) is 0.552. The molecule has 0 unspecified atom stereocenters. The van der Waals surface area contributed by atoms with Gasteiger partial charge in [0.15, 0.2) is 21.4 Å². The predicted molar refractivity (Wildman–Crippen MR) is 117 cm³/mol. The number of carbonyl (C=O) groups is 1. The summed E-state index contributed by atoms with van der Waals surface area (Å²) >= 11 is 0. The number of hydrogen-bond donors (Lipinski definition) is 1. The van der Waals surface area contributed by atoms with E-state index in [2.05, 4.69) is 16.9 Å². The maximum atomic E-state index is 12.7. The van der Waals surface area contributed by atoms with Gasteiger partial charge in [0.2, 0.25) is 5.91 Å². The number of hydrogen-bond acceptors (Lipinski definition) is 8. The van der Waals surface area contributed by atoms with Gasteiger partial charge in [-0.2, -0.15) is 0 Å². The van der Waals surface area contributed by atoms with Gasteiger partial charge in [0.1, 0.15) is 17.2 Å². The second-order valence-corrected chi connectivity index (χ2v) is 7.99. The average molecular weight is 448 g/mol. The molecule has 0 bridgehead atoms. The minimum Gasteiger partial charge on any atom is -0.496 e. The highest BCUT2D eigenvalue weighted by molar-refractivity contribution is 7.93. The largest absolute Gasteiger partial charge is 0.496 e. The fourth-order valence-electron chi connectivity index (χ4n) is 2.61. The standard InChI is InChI=1S/C21H24N2O7S/c1-6-20(24)23-21-17(28-3)8-7-14(22-21)13-31(25,26)10-9-16-18(29-4)11-15(27-2)12-19(16)30-5/h6-12H,1,13H2,2-5H3,(H,22,23,24). The Kier molecular flexibility index (Phi) is 8.03. The Bertz CT molecular complexity index is 1070. The van der Waals surface area contributed by atoms with E-state index in [9.17, 15) is 13.2 Å². The van der Waals surface area contributed by atoms with E-state index in [-0.39, 0.29) is 11.5 Å². The third-order valence-electron chi connectivity index (χ3n) is 4.11. The van der Waals surface area contributed by atoms with Gasteiger partial charge in [-0.3, -0.25) is 4.79 Å². The zero-order valence-electron chi connectivity index (χ0n) is 17.7. The van der Waals surface area contributed by atoms with Crippen LogP contribution in [0.3, 0.4) is 0 Å². The molecule has 0 aliphatic rings. The summed E-state index contributed by atoms with van der Waals surface area (Å²) in [5.74, 6) is 0.779. The SMILES string of the molecule is C=CC(=O)Nc1nc(CS(=O)(=O)C=Cc2c(OC)cc(OC)cc2OC)ccc1OC. The maximum absolute atomic E-state index is 12.7. The minimum absolute atomic E-state index is 0.0996. The summed E-state index contributed by atoms with van der Waals surface area (Å²) in [5.41, 5.74) is 0.662. The van der Waals surface area contributed by atoms with Crippen molar-refractivity contribution in [2.75, 3.05) is 33.8 Å². The van der Waals surface area contributed by atoms with Crippen LogP contribution in [0.15, 0.2) is 42.3 Å². The van der Waals surface area contributed by atoms with Crippen molar-refractivity contribution in [2.45, 2.75) is 5.75 Å². The molecule has 166 valence electrons. The number of nitrogens with zero attached hydrogens (tertiary/aromatic N) is 1. The summed E-state index contributed by atoms with van der Waals surface area (Å²) in [6, 6.07) is 6.26. The van der Waals surface area contributed by atoms with Crippen LogP contribution >= 0.6 is 0 Å². The second kappa shape index (κ2) is 10.5. The van der Waals surface area contributed by atoms with Crippen LogP contribution in [-0.4, -0.2) is 47.7 Å². The molecule has 0 aliphatic carbocycles. The van der Waals surface area contributed by atoms with Crippen LogP contribution in [0.4, 0.5) is 5.82 Å². The summed E-state index contributed by atoms with van der Waals surface area (Å²) in [5, 5.41) is 3.53. The number of methoxy groups -OCH3 is 4. The molecule has 10 heteroatoms. The topological polar surface area (TPSA) is 113 Å². The zero-order valence-corrected chi connectivity index (χ0v) is 18.5. The molecule has 2 aromatic rings. The monoisotopic (exact) mass is 448 g/mol. The van der Waals surface area contributed by atoms with Gasteiger partial charge in [-0.1, -0.05) is 6.58 Å². The molecule has 0 aliphatic heterocycles. The van der Waals surface area contributed by atoms with Crippen molar-refractivity contribution >= 4 is 27.6 Å². The summed E-state index contributed by atoms with van der Waals surface area (Å²) in [6.45, 7) is 3.37. The second-order valence-electron chi connectivity index (χ2n) is 6.10. The fraction of sp³-hybridized carbons (Fsp3) is 0.238. The summed E-state index contributed by atoms with van der Waals surface area (Å²) in [4.78, 5) is 15.8. The lowest BCUT2D eigenvalue weighted by Crippen LogP contribution is -2.12. The first-order chi connectivity index (χ1) is 14.8. The highest BCUT2D eigenvalue weighted by Gasteiger charge is 2.16. The van der Waals surface area contributed by atoms with E-state index in [1.54, 1.807) is 12.1 Å². The van der Waals surface area contributed by atoms with Crippen LogP contribution in [-0.2, 0) is 20.4 Å². The van der Waals surface area contributed by atoms with Gasteiger partial charge in [-0.15, -0.1) is 0 Å². The Morgan fingerprint density at radius 2 is 1.65 bits per heavy atom. The molecule has 9 nitrogen and oxygen atoms in total. The van der Waals surface area contributed by atoms with E-state index in [4.69, 9.17) is 18.9 Å². The van der Waals surface area contributed by atoms with E-state index in [0.29, 0.717) is 28.6 Å². The van der Waals surface area contributed by atoms with Crippen LogP contribution in [0.5, 0.6) is 23.0 Å². The minimum atomic E-state index is -3.73. The highest BCUT2D eigenvalue weighted by Crippen LogP contribution is 2.35. The molecule has 2 rings (SSSR count). The number of rotatable bonds is 10. The highest BCUT2D eigenvalue weighted by atomic mass is 32.2. The molecule has 1 heterocycles. The van der Waals surface area contributed by atoms with Crippen LogP contribution in [0.1, 0.15) is 11.3 Å². The van der Waals surface area contributed by atoms with E-state index in [1.807, 2.05) is 0 Å². The number of nitrogens with one attached hydrogen (secondary N) is 1. The van der Waals surface area contributed by atoms with Crippen LogP contribution in [0.25, 0.3) is 6.08 Å². The molecule has 1 N–H and O–H groups in total. The lowest BCUT2D eigenvalue weighted by Gasteiger charge is -2.12. The molecular weight excluding hydrogens is 424 g/mol. The molecule has 0 spiro atoms. The average Bonchev–Trinajstić information content (AvgIpc) is 2.76. The molecule has 0 atom stereocenters. The Balaban J connectivity index is 2.34. The number of carbonyl (C=O) groups excluding carboxylic acids is 1. The number of benzene rings is 1. The number of anilines is 1. The van der Waals surface area contributed by atoms with E-state index >= 15 is 0 Å². The third-order valence-corrected chi connectivity index (χ3v) is 5.36. The number of ether oxygens (including phenoxy) is 4. The lowest BCUT2D eigenvalue weighted by atomic mass is 10.1. The molecule has 31 heavy (non-hydrogen) atoms. The van der Waals surface area contributed by atoms with Crippen molar-refractivity contribution in [1.29, 1.82) is 0 Å². The predicted octanol–water partition coefficient (Wildman–Crippen LogP) is 2.83. The van der Waals surface area contributed by atoms with Gasteiger partial charge in [0, 0.05) is 17.5 Å². The van der Waals surface area contributed by atoms with E-state index < -0.39 is 21.5 Å².